The summed E-state index contributed by atoms with van der Waals surface area (Å²) in [5.41, 5.74) is 5.81. The zero-order valence-corrected chi connectivity index (χ0v) is 17.8. The van der Waals surface area contributed by atoms with Gasteiger partial charge in [0, 0.05) is 18.2 Å². The van der Waals surface area contributed by atoms with Crippen molar-refractivity contribution in [3.63, 3.8) is 0 Å². The largest absolute Gasteiger partial charge is 0.449 e. The number of benzene rings is 2. The first kappa shape index (κ1) is 21.5. The second-order valence-corrected chi connectivity index (χ2v) is 8.67. The van der Waals surface area contributed by atoms with Gasteiger partial charge in [0.1, 0.15) is 5.69 Å². The van der Waals surface area contributed by atoms with E-state index in [9.17, 15) is 13.6 Å². The lowest BCUT2D eigenvalue weighted by atomic mass is 9.97. The number of aromatic nitrogens is 1. The Bertz CT molecular complexity index is 1010. The van der Waals surface area contributed by atoms with E-state index in [0.29, 0.717) is 12.3 Å². The summed E-state index contributed by atoms with van der Waals surface area (Å²) in [6.45, 7) is 2.90. The predicted octanol–water partition coefficient (Wildman–Crippen LogP) is 4.97. The van der Waals surface area contributed by atoms with Crippen LogP contribution in [0, 0.1) is 11.6 Å². The predicted molar refractivity (Wildman–Crippen MR) is 118 cm³/mol. The highest BCUT2D eigenvalue weighted by Crippen LogP contribution is 2.33. The Morgan fingerprint density at radius 3 is 2.65 bits per heavy atom. The molecule has 0 atom stereocenters. The quantitative estimate of drug-likeness (QED) is 0.413. The molecule has 6 nitrogen and oxygen atoms in total. The van der Waals surface area contributed by atoms with Gasteiger partial charge in [-0.15, -0.1) is 11.3 Å². The van der Waals surface area contributed by atoms with Gasteiger partial charge in [0.25, 0.3) is 0 Å². The van der Waals surface area contributed by atoms with Gasteiger partial charge in [-0.05, 0) is 56.6 Å². The number of nitrogens with zero attached hydrogens (tertiary/aromatic N) is 2. The molecule has 1 aliphatic rings. The molecule has 0 spiro atoms. The molecular formula is C22H24F2N4O2S. The van der Waals surface area contributed by atoms with Crippen LogP contribution in [0.15, 0.2) is 36.4 Å². The van der Waals surface area contributed by atoms with Crippen LogP contribution in [-0.4, -0.2) is 42.2 Å². The molecule has 164 valence electrons. The van der Waals surface area contributed by atoms with Crippen LogP contribution in [0.25, 0.3) is 10.2 Å². The van der Waals surface area contributed by atoms with Crippen LogP contribution < -0.4 is 11.1 Å². The number of nitrogen functional groups attached to an aromatic ring is 1. The minimum Gasteiger partial charge on any atom is -0.449 e. The first-order valence-electron chi connectivity index (χ1n) is 10.3. The van der Waals surface area contributed by atoms with E-state index < -0.39 is 23.4 Å². The summed E-state index contributed by atoms with van der Waals surface area (Å²) < 4.78 is 33.7. The van der Waals surface area contributed by atoms with E-state index in [1.165, 1.54) is 9.71 Å². The number of rotatable bonds is 6. The third kappa shape index (κ3) is 5.29. The summed E-state index contributed by atoms with van der Waals surface area (Å²) in [5.74, 6) is -1.39. The molecule has 9 heteroatoms. The molecule has 0 bridgehead atoms. The highest BCUT2D eigenvalue weighted by molar-refractivity contribution is 7.18. The molecule has 1 aromatic heterocycles. The van der Waals surface area contributed by atoms with E-state index in [0.717, 1.165) is 50.1 Å². The van der Waals surface area contributed by atoms with E-state index in [1.807, 2.05) is 12.1 Å². The smallest absolute Gasteiger partial charge is 0.411 e. The van der Waals surface area contributed by atoms with E-state index >= 15 is 0 Å². The summed E-state index contributed by atoms with van der Waals surface area (Å²) in [6.07, 6.45) is 1.86. The maximum atomic E-state index is 13.7. The van der Waals surface area contributed by atoms with Crippen LogP contribution in [0.2, 0.25) is 0 Å². The lowest BCUT2D eigenvalue weighted by Gasteiger charge is -2.30. The van der Waals surface area contributed by atoms with Gasteiger partial charge in [-0.3, -0.25) is 5.32 Å². The van der Waals surface area contributed by atoms with Gasteiger partial charge < -0.3 is 15.4 Å². The van der Waals surface area contributed by atoms with Crippen LogP contribution in [0.5, 0.6) is 0 Å². The van der Waals surface area contributed by atoms with Gasteiger partial charge in [-0.1, -0.05) is 12.1 Å². The minimum absolute atomic E-state index is 0.0548. The lowest BCUT2D eigenvalue weighted by molar-refractivity contribution is 0.146. The lowest BCUT2D eigenvalue weighted by Crippen LogP contribution is -2.34. The molecule has 0 unspecified atom stereocenters. The molecule has 1 aliphatic heterocycles. The van der Waals surface area contributed by atoms with Gasteiger partial charge in [0.05, 0.1) is 21.8 Å². The van der Waals surface area contributed by atoms with Gasteiger partial charge in [0.15, 0.2) is 11.6 Å². The number of halogens is 2. The van der Waals surface area contributed by atoms with E-state index in [-0.39, 0.29) is 12.3 Å². The van der Waals surface area contributed by atoms with Gasteiger partial charge >= 0.3 is 6.09 Å². The van der Waals surface area contributed by atoms with Crippen molar-refractivity contribution in [3.8, 4) is 0 Å². The van der Waals surface area contributed by atoms with E-state index in [1.54, 1.807) is 11.3 Å². The van der Waals surface area contributed by atoms with Crippen molar-refractivity contribution >= 4 is 39.0 Å². The number of carbonyl (C=O) groups excluding carboxylic acids is 1. The zero-order valence-electron chi connectivity index (χ0n) is 16.9. The van der Waals surface area contributed by atoms with Crippen LogP contribution in [0.4, 0.5) is 25.0 Å². The Hall–Kier alpha value is -2.78. The van der Waals surface area contributed by atoms with Crippen LogP contribution in [0.3, 0.4) is 0 Å². The number of ether oxygens (including phenoxy) is 1. The summed E-state index contributed by atoms with van der Waals surface area (Å²) in [5, 5.41) is 3.30. The SMILES string of the molecule is Nc1cc(F)c(NC(=O)OCCCN2CCC(c3nc4ccccc4s3)CC2)c(F)c1. The zero-order chi connectivity index (χ0) is 21.8. The Labute approximate surface area is 183 Å². The molecule has 0 radical (unpaired) electrons. The second-order valence-electron chi connectivity index (χ2n) is 7.61. The number of piperidine rings is 1. The molecule has 1 saturated heterocycles. The fraction of sp³-hybridized carbons (Fsp3) is 0.364. The van der Waals surface area contributed by atoms with Gasteiger partial charge in [-0.2, -0.15) is 0 Å². The standard InChI is InChI=1S/C22H24F2N4O2S/c23-16-12-15(25)13-17(24)20(16)27-22(29)30-11-3-8-28-9-6-14(7-10-28)21-26-18-4-1-2-5-19(18)31-21/h1-2,4-5,12-14H,3,6-11,25H2,(H,27,29). The molecule has 0 saturated carbocycles. The fourth-order valence-corrected chi connectivity index (χ4v) is 4.91. The van der Waals surface area contributed by atoms with Crippen molar-refractivity contribution in [2.75, 3.05) is 37.3 Å². The molecule has 3 aromatic rings. The normalized spacial score (nSPS) is 15.3. The number of para-hydroxylation sites is 1. The van der Waals surface area contributed by atoms with Crippen molar-refractivity contribution in [2.45, 2.75) is 25.2 Å². The van der Waals surface area contributed by atoms with Crippen molar-refractivity contribution < 1.29 is 18.3 Å². The Balaban J connectivity index is 1.17. The highest BCUT2D eigenvalue weighted by atomic mass is 32.1. The molecule has 2 aromatic carbocycles. The Morgan fingerprint density at radius 1 is 1.23 bits per heavy atom. The maximum absolute atomic E-state index is 13.7. The highest BCUT2D eigenvalue weighted by Gasteiger charge is 2.23. The maximum Gasteiger partial charge on any atom is 0.411 e. The van der Waals surface area contributed by atoms with Crippen molar-refractivity contribution in [1.82, 2.24) is 9.88 Å². The van der Waals surface area contributed by atoms with Crippen LogP contribution in [-0.2, 0) is 4.74 Å². The molecule has 0 aliphatic carbocycles. The molecule has 31 heavy (non-hydrogen) atoms. The second kappa shape index (κ2) is 9.57. The molecular weight excluding hydrogens is 422 g/mol. The summed E-state index contributed by atoms with van der Waals surface area (Å²) in [7, 11) is 0. The van der Waals surface area contributed by atoms with Crippen LogP contribution in [0.1, 0.15) is 30.2 Å². The third-order valence-corrected chi connectivity index (χ3v) is 6.59. The number of likely N-dealkylation sites (tertiary alicyclic amines) is 1. The number of fused-ring (bicyclic) bond motifs is 1. The monoisotopic (exact) mass is 446 g/mol. The number of thiazole rings is 1. The summed E-state index contributed by atoms with van der Waals surface area (Å²) in [6, 6.07) is 10.1. The third-order valence-electron chi connectivity index (χ3n) is 5.39. The van der Waals surface area contributed by atoms with Gasteiger partial charge in [-0.25, -0.2) is 18.6 Å². The summed E-state index contributed by atoms with van der Waals surface area (Å²) >= 11 is 1.78. The first-order chi connectivity index (χ1) is 15.0. The summed E-state index contributed by atoms with van der Waals surface area (Å²) in [4.78, 5) is 18.9. The van der Waals surface area contributed by atoms with Crippen molar-refractivity contribution in [3.05, 3.63) is 53.0 Å². The number of hydrogen-bond acceptors (Lipinski definition) is 6. The topological polar surface area (TPSA) is 80.5 Å². The Kier molecular flexibility index (Phi) is 6.62. The average molecular weight is 447 g/mol. The van der Waals surface area contributed by atoms with Crippen LogP contribution >= 0.6 is 11.3 Å². The molecule has 2 heterocycles. The first-order valence-corrected chi connectivity index (χ1v) is 11.1. The van der Waals surface area contributed by atoms with Crippen molar-refractivity contribution in [1.29, 1.82) is 0 Å². The average Bonchev–Trinajstić information content (AvgIpc) is 3.18. The van der Waals surface area contributed by atoms with Gasteiger partial charge in [0.2, 0.25) is 0 Å². The number of nitrogens with two attached hydrogens (primary N) is 1. The number of amides is 1. The van der Waals surface area contributed by atoms with E-state index in [4.69, 9.17) is 15.5 Å². The molecule has 4 rings (SSSR count). The molecule has 3 N–H and O–H groups in total. The number of carbonyl (C=O) groups is 1. The fourth-order valence-electron chi connectivity index (χ4n) is 3.77. The minimum atomic E-state index is -0.939. The number of anilines is 2. The molecule has 1 fully saturated rings. The Morgan fingerprint density at radius 2 is 1.94 bits per heavy atom. The van der Waals surface area contributed by atoms with E-state index in [2.05, 4.69) is 22.3 Å². The van der Waals surface area contributed by atoms with Crippen molar-refractivity contribution in [2.24, 2.45) is 0 Å². The number of nitrogens with one attached hydrogen (secondary N) is 1. The molecule has 1 amide bonds. The number of hydrogen-bond donors (Lipinski definition) is 2.